The molecule has 1 fully saturated rings. The molecule has 1 aromatic heterocycles. The molecule has 0 radical (unpaired) electrons. The molecule has 1 aliphatic carbocycles. The lowest BCUT2D eigenvalue weighted by Crippen LogP contribution is -2.46. The van der Waals surface area contributed by atoms with Crippen LogP contribution in [0.2, 0.25) is 0 Å². The van der Waals surface area contributed by atoms with Gasteiger partial charge in [-0.1, -0.05) is 0 Å². The van der Waals surface area contributed by atoms with Crippen molar-refractivity contribution >= 4 is 0 Å². The third kappa shape index (κ3) is 3.19. The van der Waals surface area contributed by atoms with E-state index < -0.39 is 0 Å². The zero-order valence-electron chi connectivity index (χ0n) is 11.9. The quantitative estimate of drug-likeness (QED) is 0.892. The number of likely N-dealkylation sites (N-methyl/N-ethyl adjacent to an activating group) is 1. The van der Waals surface area contributed by atoms with E-state index in [-0.39, 0.29) is 0 Å². The lowest BCUT2D eigenvalue weighted by atomic mass is 9.93. The molecule has 1 saturated heterocycles. The van der Waals surface area contributed by atoms with Crippen LogP contribution < -0.4 is 5.32 Å². The molecule has 0 amide bonds. The van der Waals surface area contributed by atoms with E-state index in [0.29, 0.717) is 6.04 Å². The van der Waals surface area contributed by atoms with Crippen LogP contribution in [0.15, 0.2) is 16.7 Å². The predicted octanol–water partition coefficient (Wildman–Crippen LogP) is 1.49. The summed E-state index contributed by atoms with van der Waals surface area (Å²) in [6, 6.07) is 2.65. The van der Waals surface area contributed by atoms with Gasteiger partial charge >= 0.3 is 0 Å². The minimum atomic E-state index is 0.509. The largest absolute Gasteiger partial charge is 0.469 e. The number of hydrogen-bond donors (Lipinski definition) is 1. The Kier molecular flexibility index (Phi) is 4.21. The van der Waals surface area contributed by atoms with Crippen LogP contribution in [0.4, 0.5) is 0 Å². The van der Waals surface area contributed by atoms with Crippen molar-refractivity contribution in [3.8, 4) is 0 Å². The van der Waals surface area contributed by atoms with Gasteiger partial charge in [0.25, 0.3) is 0 Å². The molecule has 0 spiro atoms. The van der Waals surface area contributed by atoms with Crippen molar-refractivity contribution in [2.75, 3.05) is 46.3 Å². The van der Waals surface area contributed by atoms with Gasteiger partial charge in [-0.15, -0.1) is 0 Å². The summed E-state index contributed by atoms with van der Waals surface area (Å²) in [5.74, 6) is 1.20. The Labute approximate surface area is 115 Å². The van der Waals surface area contributed by atoms with Gasteiger partial charge in [0.05, 0.1) is 6.26 Å². The zero-order chi connectivity index (χ0) is 13.1. The van der Waals surface area contributed by atoms with Gasteiger partial charge in [0, 0.05) is 57.3 Å². The average molecular weight is 263 g/mol. The third-order valence-corrected chi connectivity index (χ3v) is 4.47. The molecule has 106 valence electrons. The molecule has 4 nitrogen and oxygen atoms in total. The Morgan fingerprint density at radius 1 is 1.32 bits per heavy atom. The van der Waals surface area contributed by atoms with Crippen LogP contribution in [0.25, 0.3) is 0 Å². The molecular formula is C15H25N3O. The van der Waals surface area contributed by atoms with Crippen molar-refractivity contribution in [2.24, 2.45) is 0 Å². The lowest BCUT2D eigenvalue weighted by molar-refractivity contribution is 0.153. The molecule has 2 heterocycles. The van der Waals surface area contributed by atoms with E-state index in [1.54, 1.807) is 0 Å². The van der Waals surface area contributed by atoms with E-state index in [1.165, 1.54) is 50.3 Å². The Bertz CT molecular complexity index is 396. The van der Waals surface area contributed by atoms with E-state index in [2.05, 4.69) is 28.2 Å². The SMILES string of the molecule is CN1CCN(CCNC2CCCc3occc32)CC1. The average Bonchev–Trinajstić information content (AvgIpc) is 2.90. The minimum Gasteiger partial charge on any atom is -0.469 e. The van der Waals surface area contributed by atoms with Gasteiger partial charge in [-0.3, -0.25) is 4.90 Å². The number of nitrogens with one attached hydrogen (secondary N) is 1. The first-order valence-electron chi connectivity index (χ1n) is 7.53. The van der Waals surface area contributed by atoms with Crippen LogP contribution in [0.5, 0.6) is 0 Å². The summed E-state index contributed by atoms with van der Waals surface area (Å²) in [5.41, 5.74) is 1.39. The summed E-state index contributed by atoms with van der Waals surface area (Å²) in [7, 11) is 2.21. The highest BCUT2D eigenvalue weighted by atomic mass is 16.3. The Balaban J connectivity index is 1.44. The van der Waals surface area contributed by atoms with Crippen molar-refractivity contribution in [3.05, 3.63) is 23.7 Å². The maximum absolute atomic E-state index is 5.54. The number of fused-ring (bicyclic) bond motifs is 1. The van der Waals surface area contributed by atoms with Gasteiger partial charge in [0.15, 0.2) is 0 Å². The number of piperazine rings is 1. The van der Waals surface area contributed by atoms with Crippen molar-refractivity contribution < 1.29 is 4.42 Å². The summed E-state index contributed by atoms with van der Waals surface area (Å²) in [6.45, 7) is 7.07. The molecule has 1 aromatic rings. The van der Waals surface area contributed by atoms with Crippen molar-refractivity contribution in [2.45, 2.75) is 25.3 Å². The summed E-state index contributed by atoms with van der Waals surface area (Å²) in [6.07, 6.45) is 5.44. The Morgan fingerprint density at radius 3 is 3.00 bits per heavy atom. The van der Waals surface area contributed by atoms with Gasteiger partial charge < -0.3 is 14.6 Å². The first kappa shape index (κ1) is 13.2. The maximum atomic E-state index is 5.54. The molecule has 4 heteroatoms. The topological polar surface area (TPSA) is 31.6 Å². The van der Waals surface area contributed by atoms with E-state index in [4.69, 9.17) is 4.42 Å². The molecule has 1 unspecified atom stereocenters. The third-order valence-electron chi connectivity index (χ3n) is 4.47. The van der Waals surface area contributed by atoms with Crippen LogP contribution >= 0.6 is 0 Å². The van der Waals surface area contributed by atoms with Crippen LogP contribution in [0.3, 0.4) is 0 Å². The highest BCUT2D eigenvalue weighted by molar-refractivity contribution is 5.23. The molecule has 0 aromatic carbocycles. The van der Waals surface area contributed by atoms with E-state index in [9.17, 15) is 0 Å². The number of aryl methyl sites for hydroxylation is 1. The normalized spacial score (nSPS) is 25.4. The van der Waals surface area contributed by atoms with Gasteiger partial charge in [0.1, 0.15) is 5.76 Å². The van der Waals surface area contributed by atoms with Crippen LogP contribution in [0.1, 0.15) is 30.2 Å². The molecule has 3 rings (SSSR count). The molecule has 0 bridgehead atoms. The fourth-order valence-electron chi connectivity index (χ4n) is 3.17. The lowest BCUT2D eigenvalue weighted by Gasteiger charge is -2.33. The molecule has 2 aliphatic rings. The first-order chi connectivity index (χ1) is 9.33. The highest BCUT2D eigenvalue weighted by Gasteiger charge is 2.22. The molecule has 1 aliphatic heterocycles. The van der Waals surface area contributed by atoms with E-state index in [0.717, 1.165) is 19.5 Å². The fourth-order valence-corrected chi connectivity index (χ4v) is 3.17. The number of furan rings is 1. The maximum Gasteiger partial charge on any atom is 0.108 e. The summed E-state index contributed by atoms with van der Waals surface area (Å²) in [4.78, 5) is 4.97. The number of hydrogen-bond acceptors (Lipinski definition) is 4. The molecule has 1 atom stereocenters. The minimum absolute atomic E-state index is 0.509. The van der Waals surface area contributed by atoms with Gasteiger partial charge in [-0.25, -0.2) is 0 Å². The standard InChI is InChI=1S/C15H25N3O/c1-17-8-10-18(11-9-17)7-6-16-14-3-2-4-15-13(14)5-12-19-15/h5,12,14,16H,2-4,6-11H2,1H3. The Hall–Kier alpha value is -0.840. The van der Waals surface area contributed by atoms with Crippen LogP contribution in [-0.4, -0.2) is 56.1 Å². The second-order valence-electron chi connectivity index (χ2n) is 5.84. The van der Waals surface area contributed by atoms with Crippen LogP contribution in [-0.2, 0) is 6.42 Å². The van der Waals surface area contributed by atoms with Crippen molar-refractivity contribution in [3.63, 3.8) is 0 Å². The van der Waals surface area contributed by atoms with Gasteiger partial charge in [0.2, 0.25) is 0 Å². The number of rotatable bonds is 4. The molecular weight excluding hydrogens is 238 g/mol. The smallest absolute Gasteiger partial charge is 0.108 e. The molecule has 1 N–H and O–H groups in total. The van der Waals surface area contributed by atoms with Crippen molar-refractivity contribution in [1.82, 2.24) is 15.1 Å². The summed E-state index contributed by atoms with van der Waals surface area (Å²) in [5, 5.41) is 3.71. The van der Waals surface area contributed by atoms with E-state index in [1.807, 2.05) is 6.26 Å². The second-order valence-corrected chi connectivity index (χ2v) is 5.84. The van der Waals surface area contributed by atoms with Crippen molar-refractivity contribution in [1.29, 1.82) is 0 Å². The second kappa shape index (κ2) is 6.07. The van der Waals surface area contributed by atoms with Gasteiger partial charge in [-0.05, 0) is 26.0 Å². The Morgan fingerprint density at radius 2 is 2.16 bits per heavy atom. The van der Waals surface area contributed by atoms with E-state index >= 15 is 0 Å². The first-order valence-corrected chi connectivity index (χ1v) is 7.53. The summed E-state index contributed by atoms with van der Waals surface area (Å²) >= 11 is 0. The predicted molar refractivity (Wildman–Crippen MR) is 76.3 cm³/mol. The number of nitrogens with zero attached hydrogens (tertiary/aromatic N) is 2. The van der Waals surface area contributed by atoms with Gasteiger partial charge in [-0.2, -0.15) is 0 Å². The monoisotopic (exact) mass is 263 g/mol. The molecule has 19 heavy (non-hydrogen) atoms. The zero-order valence-corrected chi connectivity index (χ0v) is 11.9. The summed E-state index contributed by atoms with van der Waals surface area (Å²) < 4.78 is 5.54. The highest BCUT2D eigenvalue weighted by Crippen LogP contribution is 2.30. The van der Waals surface area contributed by atoms with Crippen LogP contribution in [0, 0.1) is 0 Å². The molecule has 0 saturated carbocycles. The fraction of sp³-hybridized carbons (Fsp3) is 0.733.